The lowest BCUT2D eigenvalue weighted by atomic mass is 10.1. The molecule has 0 radical (unpaired) electrons. The van der Waals surface area contributed by atoms with Gasteiger partial charge in [-0.05, 0) is 37.5 Å². The van der Waals surface area contributed by atoms with Crippen molar-refractivity contribution in [3.8, 4) is 0 Å². The maximum absolute atomic E-state index is 13.2. The van der Waals surface area contributed by atoms with E-state index in [-0.39, 0.29) is 11.7 Å². The van der Waals surface area contributed by atoms with Crippen molar-refractivity contribution in [2.24, 2.45) is 5.73 Å². The van der Waals surface area contributed by atoms with Gasteiger partial charge in [-0.2, -0.15) is 0 Å². The SMILES string of the molecule is CCC1CCCN1c1ccc(F)cc1C(=N)N. The first kappa shape index (κ1) is 11.9. The van der Waals surface area contributed by atoms with Crippen molar-refractivity contribution in [3.63, 3.8) is 0 Å². The quantitative estimate of drug-likeness (QED) is 0.624. The lowest BCUT2D eigenvalue weighted by Crippen LogP contribution is -2.30. The number of benzene rings is 1. The van der Waals surface area contributed by atoms with Crippen LogP contribution in [0.15, 0.2) is 18.2 Å². The van der Waals surface area contributed by atoms with E-state index in [1.807, 2.05) is 0 Å². The molecule has 92 valence electrons. The Bertz CT molecular complexity index is 431. The second-order valence-corrected chi connectivity index (χ2v) is 4.47. The summed E-state index contributed by atoms with van der Waals surface area (Å²) in [6, 6.07) is 5.01. The summed E-state index contributed by atoms with van der Waals surface area (Å²) >= 11 is 0. The Morgan fingerprint density at radius 2 is 2.35 bits per heavy atom. The standard InChI is InChI=1S/C13H18FN3/c1-2-10-4-3-7-17(10)12-6-5-9(14)8-11(12)13(15)16/h5-6,8,10H,2-4,7H2,1H3,(H3,15,16). The number of nitrogens with zero attached hydrogens (tertiary/aromatic N) is 1. The number of anilines is 1. The molecular weight excluding hydrogens is 217 g/mol. The number of nitrogens with two attached hydrogens (primary N) is 1. The Kier molecular flexibility index (Phi) is 3.31. The highest BCUT2D eigenvalue weighted by molar-refractivity contribution is 6.00. The number of hydrogen-bond acceptors (Lipinski definition) is 2. The van der Waals surface area contributed by atoms with Gasteiger partial charge in [0, 0.05) is 23.8 Å². The molecule has 1 heterocycles. The van der Waals surface area contributed by atoms with E-state index >= 15 is 0 Å². The van der Waals surface area contributed by atoms with E-state index in [1.165, 1.54) is 12.1 Å². The summed E-state index contributed by atoms with van der Waals surface area (Å²) in [5, 5.41) is 7.54. The summed E-state index contributed by atoms with van der Waals surface area (Å²) in [6.07, 6.45) is 3.37. The third kappa shape index (κ3) is 2.25. The number of nitrogen functional groups attached to an aromatic ring is 1. The molecule has 1 aliphatic rings. The smallest absolute Gasteiger partial charge is 0.125 e. The second-order valence-electron chi connectivity index (χ2n) is 4.47. The zero-order chi connectivity index (χ0) is 12.4. The molecule has 17 heavy (non-hydrogen) atoms. The highest BCUT2D eigenvalue weighted by Crippen LogP contribution is 2.30. The molecule has 1 saturated heterocycles. The predicted molar refractivity (Wildman–Crippen MR) is 68.1 cm³/mol. The van der Waals surface area contributed by atoms with Crippen molar-refractivity contribution in [3.05, 3.63) is 29.6 Å². The van der Waals surface area contributed by atoms with E-state index in [2.05, 4.69) is 11.8 Å². The minimum absolute atomic E-state index is 0.0683. The third-order valence-electron chi connectivity index (χ3n) is 3.41. The van der Waals surface area contributed by atoms with Crippen molar-refractivity contribution < 1.29 is 4.39 Å². The van der Waals surface area contributed by atoms with E-state index < -0.39 is 0 Å². The van der Waals surface area contributed by atoms with Crippen LogP contribution in [0.2, 0.25) is 0 Å². The maximum atomic E-state index is 13.2. The van der Waals surface area contributed by atoms with Gasteiger partial charge in [0.05, 0.1) is 0 Å². The zero-order valence-electron chi connectivity index (χ0n) is 10.0. The maximum Gasteiger partial charge on any atom is 0.125 e. The van der Waals surface area contributed by atoms with Gasteiger partial charge >= 0.3 is 0 Å². The lowest BCUT2D eigenvalue weighted by Gasteiger charge is -2.27. The molecule has 0 amide bonds. The molecule has 3 nitrogen and oxygen atoms in total. The summed E-state index contributed by atoms with van der Waals surface area (Å²) in [7, 11) is 0. The fourth-order valence-electron chi connectivity index (χ4n) is 2.55. The number of hydrogen-bond donors (Lipinski definition) is 2. The van der Waals surface area contributed by atoms with Crippen LogP contribution in [0, 0.1) is 11.2 Å². The van der Waals surface area contributed by atoms with Gasteiger partial charge in [0.2, 0.25) is 0 Å². The van der Waals surface area contributed by atoms with Gasteiger partial charge in [-0.3, -0.25) is 5.41 Å². The van der Waals surface area contributed by atoms with Gasteiger partial charge in [-0.1, -0.05) is 6.92 Å². The Morgan fingerprint density at radius 1 is 1.59 bits per heavy atom. The normalized spacial score (nSPS) is 19.6. The highest BCUT2D eigenvalue weighted by Gasteiger charge is 2.25. The first-order valence-corrected chi connectivity index (χ1v) is 6.04. The molecule has 0 bridgehead atoms. The minimum atomic E-state index is -0.341. The highest BCUT2D eigenvalue weighted by atomic mass is 19.1. The molecule has 1 aromatic rings. The molecule has 1 unspecified atom stereocenters. The van der Waals surface area contributed by atoms with Gasteiger partial charge in [0.15, 0.2) is 0 Å². The average Bonchev–Trinajstić information content (AvgIpc) is 2.76. The largest absolute Gasteiger partial charge is 0.384 e. The first-order chi connectivity index (χ1) is 8.13. The Labute approximate surface area is 101 Å². The van der Waals surface area contributed by atoms with Crippen LogP contribution in [-0.2, 0) is 0 Å². The lowest BCUT2D eigenvalue weighted by molar-refractivity contribution is 0.623. The molecule has 1 atom stereocenters. The number of halogens is 1. The van der Waals surface area contributed by atoms with Crippen LogP contribution < -0.4 is 10.6 Å². The number of rotatable bonds is 3. The molecule has 1 aromatic carbocycles. The Morgan fingerprint density at radius 3 is 3.00 bits per heavy atom. The second kappa shape index (κ2) is 4.73. The molecule has 3 N–H and O–H groups in total. The Balaban J connectivity index is 2.40. The van der Waals surface area contributed by atoms with Crippen molar-refractivity contribution in [1.29, 1.82) is 5.41 Å². The summed E-state index contributed by atoms with van der Waals surface area (Å²) in [5.74, 6) is -0.410. The molecule has 0 aliphatic carbocycles. The number of amidine groups is 1. The molecule has 0 saturated carbocycles. The van der Waals surface area contributed by atoms with Crippen LogP contribution in [-0.4, -0.2) is 18.4 Å². The van der Waals surface area contributed by atoms with E-state index in [4.69, 9.17) is 11.1 Å². The molecule has 2 rings (SSSR count). The van der Waals surface area contributed by atoms with E-state index in [9.17, 15) is 4.39 Å². The fourth-order valence-corrected chi connectivity index (χ4v) is 2.55. The van der Waals surface area contributed by atoms with Gasteiger partial charge in [-0.25, -0.2) is 4.39 Å². The molecule has 0 aromatic heterocycles. The van der Waals surface area contributed by atoms with Gasteiger partial charge in [0.1, 0.15) is 11.7 Å². The summed E-state index contributed by atoms with van der Waals surface area (Å²) < 4.78 is 13.2. The van der Waals surface area contributed by atoms with E-state index in [0.717, 1.165) is 31.5 Å². The zero-order valence-corrected chi connectivity index (χ0v) is 10.0. The van der Waals surface area contributed by atoms with Crippen LogP contribution in [0.1, 0.15) is 31.7 Å². The Hall–Kier alpha value is -1.58. The van der Waals surface area contributed by atoms with Crippen LogP contribution >= 0.6 is 0 Å². The molecule has 4 heteroatoms. The van der Waals surface area contributed by atoms with E-state index in [1.54, 1.807) is 6.07 Å². The molecular formula is C13H18FN3. The minimum Gasteiger partial charge on any atom is -0.384 e. The molecule has 1 aliphatic heterocycles. The predicted octanol–water partition coefficient (Wildman–Crippen LogP) is 2.49. The topological polar surface area (TPSA) is 53.1 Å². The van der Waals surface area contributed by atoms with Crippen LogP contribution in [0.3, 0.4) is 0 Å². The summed E-state index contributed by atoms with van der Waals surface area (Å²) in [4.78, 5) is 2.25. The first-order valence-electron chi connectivity index (χ1n) is 6.04. The monoisotopic (exact) mass is 235 g/mol. The van der Waals surface area contributed by atoms with Crippen molar-refractivity contribution in [2.45, 2.75) is 32.2 Å². The molecule has 0 spiro atoms. The van der Waals surface area contributed by atoms with Crippen molar-refractivity contribution in [2.75, 3.05) is 11.4 Å². The average molecular weight is 235 g/mol. The summed E-state index contributed by atoms with van der Waals surface area (Å²) in [6.45, 7) is 3.12. The molecule has 1 fully saturated rings. The van der Waals surface area contributed by atoms with Crippen LogP contribution in [0.25, 0.3) is 0 Å². The van der Waals surface area contributed by atoms with Crippen LogP contribution in [0.5, 0.6) is 0 Å². The third-order valence-corrected chi connectivity index (χ3v) is 3.41. The van der Waals surface area contributed by atoms with Crippen molar-refractivity contribution in [1.82, 2.24) is 0 Å². The van der Waals surface area contributed by atoms with E-state index in [0.29, 0.717) is 11.6 Å². The van der Waals surface area contributed by atoms with Gasteiger partial charge < -0.3 is 10.6 Å². The fraction of sp³-hybridized carbons (Fsp3) is 0.462. The number of nitrogens with one attached hydrogen (secondary N) is 1. The van der Waals surface area contributed by atoms with Gasteiger partial charge in [0.25, 0.3) is 0 Å². The van der Waals surface area contributed by atoms with Crippen LogP contribution in [0.4, 0.5) is 10.1 Å². The van der Waals surface area contributed by atoms with Gasteiger partial charge in [-0.15, -0.1) is 0 Å². The summed E-state index contributed by atoms with van der Waals surface area (Å²) in [5.41, 5.74) is 6.92. The van der Waals surface area contributed by atoms with Crippen molar-refractivity contribution >= 4 is 11.5 Å².